The SMILES string of the molecule is C#CCNC(=NC)N1CCN(CC=Cc2ccccc2)CC1.I. The Labute approximate surface area is 156 Å². The van der Waals surface area contributed by atoms with Crippen LogP contribution >= 0.6 is 24.0 Å². The normalized spacial score (nSPS) is 16.0. The third-order valence-electron chi connectivity index (χ3n) is 3.71. The Balaban J connectivity index is 0.00000264. The predicted octanol–water partition coefficient (Wildman–Crippen LogP) is 2.14. The Hall–Kier alpha value is -1.52. The van der Waals surface area contributed by atoms with Crippen molar-refractivity contribution >= 4 is 36.0 Å². The maximum absolute atomic E-state index is 5.28. The Bertz CT molecular complexity index is 540. The summed E-state index contributed by atoms with van der Waals surface area (Å²) in [6.07, 6.45) is 9.70. The third kappa shape index (κ3) is 6.63. The maximum atomic E-state index is 5.28. The standard InChI is InChI=1S/C18H24N4.HI/c1-3-11-20-18(19-2)22-15-13-21(14-16-22)12-7-10-17-8-5-4-6-9-17;/h1,4-10H,11-16H2,2H3,(H,19,20);1H. The fourth-order valence-corrected chi connectivity index (χ4v) is 2.51. The molecule has 0 radical (unpaired) electrons. The highest BCUT2D eigenvalue weighted by molar-refractivity contribution is 14.0. The van der Waals surface area contributed by atoms with Crippen molar-refractivity contribution in [1.82, 2.24) is 15.1 Å². The largest absolute Gasteiger partial charge is 0.345 e. The number of rotatable bonds is 4. The first-order valence-electron chi connectivity index (χ1n) is 7.66. The van der Waals surface area contributed by atoms with Crippen molar-refractivity contribution in [3.63, 3.8) is 0 Å². The van der Waals surface area contributed by atoms with Crippen LogP contribution in [0.1, 0.15) is 5.56 Å². The summed E-state index contributed by atoms with van der Waals surface area (Å²) < 4.78 is 0. The molecule has 1 fully saturated rings. The number of terminal acetylenes is 1. The van der Waals surface area contributed by atoms with E-state index in [-0.39, 0.29) is 24.0 Å². The number of guanidine groups is 1. The molecule has 0 atom stereocenters. The van der Waals surface area contributed by atoms with Gasteiger partial charge >= 0.3 is 0 Å². The van der Waals surface area contributed by atoms with Gasteiger partial charge in [0.2, 0.25) is 0 Å². The number of nitrogens with zero attached hydrogens (tertiary/aromatic N) is 3. The van der Waals surface area contributed by atoms with Crippen molar-refractivity contribution < 1.29 is 0 Å². The summed E-state index contributed by atoms with van der Waals surface area (Å²) >= 11 is 0. The quantitative estimate of drug-likeness (QED) is 0.348. The zero-order chi connectivity index (χ0) is 15.6. The monoisotopic (exact) mass is 424 g/mol. The van der Waals surface area contributed by atoms with Gasteiger partial charge in [-0.3, -0.25) is 9.89 Å². The van der Waals surface area contributed by atoms with Crippen LogP contribution in [0.3, 0.4) is 0 Å². The Morgan fingerprint density at radius 1 is 1.26 bits per heavy atom. The number of halogens is 1. The Morgan fingerprint density at radius 2 is 1.96 bits per heavy atom. The lowest BCUT2D eigenvalue weighted by Crippen LogP contribution is -2.52. The average Bonchev–Trinajstić information content (AvgIpc) is 2.58. The van der Waals surface area contributed by atoms with Crippen LogP contribution in [0.15, 0.2) is 41.4 Å². The average molecular weight is 424 g/mol. The van der Waals surface area contributed by atoms with Gasteiger partial charge in [-0.2, -0.15) is 0 Å². The van der Waals surface area contributed by atoms with Gasteiger partial charge in [0.25, 0.3) is 0 Å². The highest BCUT2D eigenvalue weighted by Crippen LogP contribution is 2.04. The first kappa shape index (κ1) is 19.5. The molecule has 124 valence electrons. The van der Waals surface area contributed by atoms with E-state index in [2.05, 4.69) is 62.4 Å². The minimum Gasteiger partial charge on any atom is -0.345 e. The van der Waals surface area contributed by atoms with Crippen LogP contribution in [-0.2, 0) is 0 Å². The lowest BCUT2D eigenvalue weighted by atomic mass is 10.2. The van der Waals surface area contributed by atoms with Gasteiger partial charge in [0, 0.05) is 39.8 Å². The number of hydrogen-bond acceptors (Lipinski definition) is 2. The van der Waals surface area contributed by atoms with Gasteiger partial charge in [0.1, 0.15) is 0 Å². The summed E-state index contributed by atoms with van der Waals surface area (Å²) in [7, 11) is 1.80. The molecule has 1 aliphatic rings. The van der Waals surface area contributed by atoms with Crippen molar-refractivity contribution in [1.29, 1.82) is 0 Å². The van der Waals surface area contributed by atoms with E-state index in [1.54, 1.807) is 7.05 Å². The Kier molecular flexibility index (Phi) is 9.41. The minimum absolute atomic E-state index is 0. The molecule has 0 aliphatic carbocycles. The molecule has 1 heterocycles. The molecule has 1 N–H and O–H groups in total. The minimum atomic E-state index is 0. The van der Waals surface area contributed by atoms with Gasteiger partial charge in [0.15, 0.2) is 5.96 Å². The van der Waals surface area contributed by atoms with Gasteiger partial charge < -0.3 is 10.2 Å². The van der Waals surface area contributed by atoms with Crippen LogP contribution in [0, 0.1) is 12.3 Å². The third-order valence-corrected chi connectivity index (χ3v) is 3.71. The second kappa shape index (κ2) is 11.1. The highest BCUT2D eigenvalue weighted by atomic mass is 127. The molecule has 1 aromatic rings. The van der Waals surface area contributed by atoms with E-state index in [1.165, 1.54) is 5.56 Å². The lowest BCUT2D eigenvalue weighted by molar-refractivity contribution is 0.195. The summed E-state index contributed by atoms with van der Waals surface area (Å²) in [6.45, 7) is 5.53. The first-order chi connectivity index (χ1) is 10.8. The molecule has 2 rings (SSSR count). The summed E-state index contributed by atoms with van der Waals surface area (Å²) in [5.41, 5.74) is 1.25. The number of hydrogen-bond donors (Lipinski definition) is 1. The predicted molar refractivity (Wildman–Crippen MR) is 109 cm³/mol. The summed E-state index contributed by atoms with van der Waals surface area (Å²) in [5, 5.41) is 3.18. The first-order valence-corrected chi connectivity index (χ1v) is 7.66. The van der Waals surface area contributed by atoms with Gasteiger partial charge in [0.05, 0.1) is 6.54 Å². The molecule has 1 aliphatic heterocycles. The lowest BCUT2D eigenvalue weighted by Gasteiger charge is -2.35. The summed E-state index contributed by atoms with van der Waals surface area (Å²) in [4.78, 5) is 8.99. The molecule has 23 heavy (non-hydrogen) atoms. The highest BCUT2D eigenvalue weighted by Gasteiger charge is 2.18. The van der Waals surface area contributed by atoms with E-state index in [4.69, 9.17) is 6.42 Å². The number of nitrogens with one attached hydrogen (secondary N) is 1. The van der Waals surface area contributed by atoms with Crippen molar-refractivity contribution in [2.75, 3.05) is 46.3 Å². The van der Waals surface area contributed by atoms with Crippen LogP contribution < -0.4 is 5.32 Å². The van der Waals surface area contributed by atoms with Gasteiger partial charge in [-0.05, 0) is 5.56 Å². The van der Waals surface area contributed by atoms with E-state index in [0.717, 1.165) is 38.7 Å². The molecule has 0 unspecified atom stereocenters. The fourth-order valence-electron chi connectivity index (χ4n) is 2.51. The van der Waals surface area contributed by atoms with Crippen LogP contribution in [0.25, 0.3) is 6.08 Å². The van der Waals surface area contributed by atoms with Crippen LogP contribution in [-0.4, -0.2) is 62.1 Å². The van der Waals surface area contributed by atoms with Crippen molar-refractivity contribution in [3.8, 4) is 12.3 Å². The topological polar surface area (TPSA) is 30.9 Å². The van der Waals surface area contributed by atoms with E-state index >= 15 is 0 Å². The molecule has 0 aromatic heterocycles. The fraction of sp³-hybridized carbons (Fsp3) is 0.389. The number of aliphatic imine (C=N–C) groups is 1. The molecular weight excluding hydrogens is 399 g/mol. The number of benzene rings is 1. The summed E-state index contributed by atoms with van der Waals surface area (Å²) in [6, 6.07) is 10.4. The van der Waals surface area contributed by atoms with E-state index in [9.17, 15) is 0 Å². The van der Waals surface area contributed by atoms with Crippen LogP contribution in [0.5, 0.6) is 0 Å². The van der Waals surface area contributed by atoms with Crippen molar-refractivity contribution in [2.24, 2.45) is 4.99 Å². The zero-order valence-corrected chi connectivity index (χ0v) is 15.9. The van der Waals surface area contributed by atoms with E-state index in [0.29, 0.717) is 6.54 Å². The molecule has 1 saturated heterocycles. The second-order valence-corrected chi connectivity index (χ2v) is 5.21. The molecule has 0 saturated carbocycles. The van der Waals surface area contributed by atoms with Crippen LogP contribution in [0.2, 0.25) is 0 Å². The van der Waals surface area contributed by atoms with E-state index < -0.39 is 0 Å². The van der Waals surface area contributed by atoms with Gasteiger partial charge in [-0.15, -0.1) is 30.4 Å². The molecule has 0 amide bonds. The Morgan fingerprint density at radius 3 is 2.57 bits per heavy atom. The zero-order valence-electron chi connectivity index (χ0n) is 13.6. The molecule has 4 nitrogen and oxygen atoms in total. The van der Waals surface area contributed by atoms with Crippen molar-refractivity contribution in [3.05, 3.63) is 42.0 Å². The van der Waals surface area contributed by atoms with Crippen molar-refractivity contribution in [2.45, 2.75) is 0 Å². The maximum Gasteiger partial charge on any atom is 0.194 e. The second-order valence-electron chi connectivity index (χ2n) is 5.21. The summed E-state index contributed by atoms with van der Waals surface area (Å²) in [5.74, 6) is 3.49. The van der Waals surface area contributed by atoms with E-state index in [1.807, 2.05) is 6.07 Å². The van der Waals surface area contributed by atoms with Gasteiger partial charge in [-0.25, -0.2) is 0 Å². The van der Waals surface area contributed by atoms with Gasteiger partial charge in [-0.1, -0.05) is 48.4 Å². The molecule has 5 heteroatoms. The smallest absolute Gasteiger partial charge is 0.194 e. The number of piperazine rings is 1. The molecule has 1 aromatic carbocycles. The molecular formula is C18H25IN4. The molecule has 0 spiro atoms. The molecule has 0 bridgehead atoms. The van der Waals surface area contributed by atoms with Crippen LogP contribution in [0.4, 0.5) is 0 Å².